The molecule has 0 N–H and O–H groups in total. The Hall–Kier alpha value is -1.78. The van der Waals surface area contributed by atoms with Crippen molar-refractivity contribution in [1.82, 2.24) is 24.3 Å². The minimum atomic E-state index is -3.70. The first-order valence-electron chi connectivity index (χ1n) is 9.29. The second-order valence-corrected chi connectivity index (χ2v) is 8.78. The molecule has 0 amide bonds. The van der Waals surface area contributed by atoms with Crippen molar-refractivity contribution in [2.45, 2.75) is 57.5 Å². The molecule has 9 nitrogen and oxygen atoms in total. The summed E-state index contributed by atoms with van der Waals surface area (Å²) in [6.07, 6.45) is 0.575. The number of ether oxygens (including phenoxy) is 1. The first kappa shape index (κ1) is 20.0. The Balaban J connectivity index is 1.91. The quantitative estimate of drug-likeness (QED) is 0.732. The Bertz CT molecular complexity index is 903. The number of rotatable bonds is 6. The lowest BCUT2D eigenvalue weighted by molar-refractivity contribution is -0.0179. The number of morpholine rings is 1. The summed E-state index contributed by atoms with van der Waals surface area (Å²) in [7, 11) is -1.91. The Kier molecular flexibility index (Phi) is 5.68. The maximum Gasteiger partial charge on any atom is 0.246 e. The van der Waals surface area contributed by atoms with Crippen molar-refractivity contribution in [2.75, 3.05) is 19.7 Å². The molecular weight excluding hydrogens is 370 g/mol. The Morgan fingerprint density at radius 3 is 2.56 bits per heavy atom. The lowest BCUT2D eigenvalue weighted by atomic mass is 10.2. The molecule has 0 aliphatic carbocycles. The van der Waals surface area contributed by atoms with E-state index in [0.717, 1.165) is 5.69 Å². The van der Waals surface area contributed by atoms with Crippen LogP contribution in [0.5, 0.6) is 0 Å². The minimum Gasteiger partial charge on any atom is -0.422 e. The van der Waals surface area contributed by atoms with Gasteiger partial charge in [0.05, 0.1) is 18.0 Å². The average molecular weight is 398 g/mol. The van der Waals surface area contributed by atoms with Gasteiger partial charge in [-0.2, -0.15) is 9.40 Å². The molecule has 3 rings (SSSR count). The molecule has 0 aromatic carbocycles. The van der Waals surface area contributed by atoms with E-state index < -0.39 is 16.1 Å². The molecule has 0 radical (unpaired) electrons. The maximum atomic E-state index is 13.4. The van der Waals surface area contributed by atoms with Gasteiger partial charge in [0.2, 0.25) is 21.8 Å². The topological polar surface area (TPSA) is 103 Å². The summed E-state index contributed by atoms with van der Waals surface area (Å²) in [5.74, 6) is 0.933. The summed E-state index contributed by atoms with van der Waals surface area (Å²) in [5, 5.41) is 12.5. The monoisotopic (exact) mass is 397 g/mol. The predicted octanol–water partition coefficient (Wildman–Crippen LogP) is 1.81. The molecule has 2 aromatic heterocycles. The van der Waals surface area contributed by atoms with Gasteiger partial charge in [0.15, 0.2) is 0 Å². The molecule has 1 aliphatic rings. The van der Waals surface area contributed by atoms with E-state index in [-0.39, 0.29) is 25.6 Å². The third-order valence-electron chi connectivity index (χ3n) is 4.71. The molecule has 10 heteroatoms. The fourth-order valence-corrected chi connectivity index (χ4v) is 5.21. The summed E-state index contributed by atoms with van der Waals surface area (Å²) >= 11 is 0. The number of nitrogens with zero attached hydrogens (tertiary/aromatic N) is 5. The van der Waals surface area contributed by atoms with Gasteiger partial charge < -0.3 is 9.15 Å². The smallest absolute Gasteiger partial charge is 0.246 e. The molecule has 0 saturated carbocycles. The zero-order valence-electron chi connectivity index (χ0n) is 16.5. The number of hydrogen-bond donors (Lipinski definition) is 0. The van der Waals surface area contributed by atoms with Gasteiger partial charge in [-0.15, -0.1) is 10.2 Å². The predicted molar refractivity (Wildman–Crippen MR) is 97.8 cm³/mol. The standard InChI is InChI=1S/C17H27N5O4S/c1-6-12-15(13(7-2)21(5)20-12)27(23,24)22-8-9-25-14(10-22)17-19-18-16(26-17)11(3)4/h11,14H,6-10H2,1-5H3/t14-/m0/s1. The van der Waals surface area contributed by atoms with E-state index in [9.17, 15) is 8.42 Å². The summed E-state index contributed by atoms with van der Waals surface area (Å²) in [4.78, 5) is 0.323. The van der Waals surface area contributed by atoms with E-state index in [4.69, 9.17) is 9.15 Å². The SMILES string of the molecule is CCc1nn(C)c(CC)c1S(=O)(=O)N1CCO[C@H](c2nnc(C(C)C)o2)C1. The Morgan fingerprint density at radius 1 is 1.22 bits per heavy atom. The van der Waals surface area contributed by atoms with Gasteiger partial charge in [-0.3, -0.25) is 4.68 Å². The molecule has 2 aromatic rings. The molecule has 0 bridgehead atoms. The van der Waals surface area contributed by atoms with E-state index >= 15 is 0 Å². The second-order valence-electron chi connectivity index (χ2n) is 6.91. The summed E-state index contributed by atoms with van der Waals surface area (Å²) in [5.41, 5.74) is 1.31. The fraction of sp³-hybridized carbons (Fsp3) is 0.706. The van der Waals surface area contributed by atoms with Crippen molar-refractivity contribution in [2.24, 2.45) is 7.05 Å². The van der Waals surface area contributed by atoms with Crippen LogP contribution in [0.2, 0.25) is 0 Å². The molecule has 3 heterocycles. The first-order chi connectivity index (χ1) is 12.8. The van der Waals surface area contributed by atoms with Gasteiger partial charge >= 0.3 is 0 Å². The Morgan fingerprint density at radius 2 is 1.96 bits per heavy atom. The molecule has 1 saturated heterocycles. The second kappa shape index (κ2) is 7.69. The Labute approximate surface area is 159 Å². The van der Waals surface area contributed by atoms with Crippen LogP contribution >= 0.6 is 0 Å². The van der Waals surface area contributed by atoms with Crippen LogP contribution in [0.3, 0.4) is 0 Å². The van der Waals surface area contributed by atoms with Crippen LogP contribution in [0.4, 0.5) is 0 Å². The van der Waals surface area contributed by atoms with Gasteiger partial charge in [0, 0.05) is 26.1 Å². The number of sulfonamides is 1. The van der Waals surface area contributed by atoms with Crippen LogP contribution in [0.15, 0.2) is 9.31 Å². The van der Waals surface area contributed by atoms with Crippen LogP contribution < -0.4 is 0 Å². The van der Waals surface area contributed by atoms with E-state index in [0.29, 0.717) is 35.2 Å². The maximum absolute atomic E-state index is 13.4. The van der Waals surface area contributed by atoms with Gasteiger partial charge in [-0.05, 0) is 12.8 Å². The molecule has 1 fully saturated rings. The van der Waals surface area contributed by atoms with E-state index in [1.165, 1.54) is 4.31 Å². The molecule has 150 valence electrons. The molecular formula is C17H27N5O4S. The van der Waals surface area contributed by atoms with Crippen molar-refractivity contribution in [3.8, 4) is 0 Å². The molecule has 27 heavy (non-hydrogen) atoms. The van der Waals surface area contributed by atoms with E-state index in [2.05, 4.69) is 15.3 Å². The van der Waals surface area contributed by atoms with E-state index in [1.54, 1.807) is 11.7 Å². The summed E-state index contributed by atoms with van der Waals surface area (Å²) in [6, 6.07) is 0. The first-order valence-corrected chi connectivity index (χ1v) is 10.7. The summed E-state index contributed by atoms with van der Waals surface area (Å²) in [6.45, 7) is 8.45. The highest BCUT2D eigenvalue weighted by Crippen LogP contribution is 2.30. The fourth-order valence-electron chi connectivity index (χ4n) is 3.25. The zero-order valence-corrected chi connectivity index (χ0v) is 17.3. The number of aromatic nitrogens is 4. The number of hydrogen-bond acceptors (Lipinski definition) is 7. The van der Waals surface area contributed by atoms with Crippen molar-refractivity contribution >= 4 is 10.0 Å². The van der Waals surface area contributed by atoms with Gasteiger partial charge in [0.25, 0.3) is 0 Å². The van der Waals surface area contributed by atoms with Crippen molar-refractivity contribution in [3.05, 3.63) is 23.2 Å². The highest BCUT2D eigenvalue weighted by atomic mass is 32.2. The van der Waals surface area contributed by atoms with Crippen molar-refractivity contribution in [1.29, 1.82) is 0 Å². The van der Waals surface area contributed by atoms with Crippen LogP contribution in [0.1, 0.15) is 62.9 Å². The third kappa shape index (κ3) is 3.65. The molecule has 1 aliphatic heterocycles. The third-order valence-corrected chi connectivity index (χ3v) is 6.71. The van der Waals surface area contributed by atoms with Crippen molar-refractivity contribution in [3.63, 3.8) is 0 Å². The van der Waals surface area contributed by atoms with Crippen LogP contribution in [-0.2, 0) is 34.6 Å². The van der Waals surface area contributed by atoms with Gasteiger partial charge in [-0.25, -0.2) is 8.42 Å². The minimum absolute atomic E-state index is 0.101. The normalized spacial score (nSPS) is 19.1. The highest BCUT2D eigenvalue weighted by molar-refractivity contribution is 7.89. The van der Waals surface area contributed by atoms with Crippen molar-refractivity contribution < 1.29 is 17.6 Å². The van der Waals surface area contributed by atoms with Crippen LogP contribution in [0.25, 0.3) is 0 Å². The lowest BCUT2D eigenvalue weighted by Crippen LogP contribution is -2.42. The van der Waals surface area contributed by atoms with Gasteiger partial charge in [0.1, 0.15) is 11.0 Å². The zero-order chi connectivity index (χ0) is 19.8. The molecule has 0 unspecified atom stereocenters. The average Bonchev–Trinajstić information content (AvgIpc) is 3.26. The van der Waals surface area contributed by atoms with Gasteiger partial charge in [-0.1, -0.05) is 27.7 Å². The lowest BCUT2D eigenvalue weighted by Gasteiger charge is -2.30. The van der Waals surface area contributed by atoms with E-state index in [1.807, 2.05) is 27.7 Å². The molecule has 1 atom stereocenters. The largest absolute Gasteiger partial charge is 0.422 e. The van der Waals surface area contributed by atoms with Crippen LogP contribution in [-0.4, -0.2) is 52.4 Å². The summed E-state index contributed by atoms with van der Waals surface area (Å²) < 4.78 is 41.3. The van der Waals surface area contributed by atoms with Crippen LogP contribution in [0, 0.1) is 0 Å². The number of aryl methyl sites for hydroxylation is 2. The molecule has 0 spiro atoms. The highest BCUT2D eigenvalue weighted by Gasteiger charge is 2.37.